The zero-order valence-corrected chi connectivity index (χ0v) is 11.4. The Morgan fingerprint density at radius 1 is 1.05 bits per heavy atom. The maximum Gasteiger partial charge on any atom is 0.235 e. The number of imide groups is 1. The van der Waals surface area contributed by atoms with Gasteiger partial charge < -0.3 is 4.74 Å². The fourth-order valence-corrected chi connectivity index (χ4v) is 4.96. The first-order valence-electron chi connectivity index (χ1n) is 7.65. The van der Waals surface area contributed by atoms with E-state index in [1.54, 1.807) is 7.05 Å². The second-order valence-electron chi connectivity index (χ2n) is 6.72. The minimum atomic E-state index is -0.164. The van der Waals surface area contributed by atoms with E-state index in [1.807, 2.05) is 0 Å². The van der Waals surface area contributed by atoms with Crippen LogP contribution >= 0.6 is 0 Å². The van der Waals surface area contributed by atoms with Crippen LogP contribution < -0.4 is 0 Å². The summed E-state index contributed by atoms with van der Waals surface area (Å²) in [7, 11) is 1.62. The van der Waals surface area contributed by atoms with Gasteiger partial charge in [0.05, 0.1) is 24.0 Å². The van der Waals surface area contributed by atoms with Gasteiger partial charge in [-0.1, -0.05) is 32.1 Å². The van der Waals surface area contributed by atoms with Crippen LogP contribution in [0.25, 0.3) is 0 Å². The van der Waals surface area contributed by atoms with E-state index >= 15 is 0 Å². The third-order valence-electron chi connectivity index (χ3n) is 5.89. The molecule has 4 rings (SSSR count). The lowest BCUT2D eigenvalue weighted by Gasteiger charge is -2.34. The molecule has 4 nitrogen and oxygen atoms in total. The standard InChI is InChI=1S/C15H21NO3/c1-16-14(17)11-10-7-9(8-5-3-2-4-6-8)13(19-10)12(11)15(16)18/h8-13H,2-7H2,1H3. The van der Waals surface area contributed by atoms with Crippen LogP contribution in [0.3, 0.4) is 0 Å². The van der Waals surface area contributed by atoms with Gasteiger partial charge in [0.25, 0.3) is 0 Å². The van der Waals surface area contributed by atoms with E-state index in [-0.39, 0.29) is 35.9 Å². The number of amides is 2. The van der Waals surface area contributed by atoms with Crippen LogP contribution in [0.2, 0.25) is 0 Å². The summed E-state index contributed by atoms with van der Waals surface area (Å²) < 4.78 is 6.03. The number of nitrogens with zero attached hydrogens (tertiary/aromatic N) is 1. The highest BCUT2D eigenvalue weighted by atomic mass is 16.5. The fourth-order valence-electron chi connectivity index (χ4n) is 4.96. The normalized spacial score (nSPS) is 46.2. The summed E-state index contributed by atoms with van der Waals surface area (Å²) in [5, 5.41) is 0. The molecule has 0 spiro atoms. The molecule has 0 N–H and O–H groups in total. The lowest BCUT2D eigenvalue weighted by Crippen LogP contribution is -2.39. The summed E-state index contributed by atoms with van der Waals surface area (Å²) in [5.41, 5.74) is 0. The van der Waals surface area contributed by atoms with Gasteiger partial charge in [0, 0.05) is 7.05 Å². The fraction of sp³-hybridized carbons (Fsp3) is 0.867. The van der Waals surface area contributed by atoms with Crippen LogP contribution in [-0.2, 0) is 14.3 Å². The van der Waals surface area contributed by atoms with E-state index < -0.39 is 0 Å². The van der Waals surface area contributed by atoms with E-state index in [4.69, 9.17) is 4.74 Å². The first-order chi connectivity index (χ1) is 9.18. The molecule has 4 aliphatic rings. The molecule has 0 aromatic rings. The van der Waals surface area contributed by atoms with Crippen LogP contribution in [0.15, 0.2) is 0 Å². The number of likely N-dealkylation sites (tertiary alicyclic amines) is 1. The van der Waals surface area contributed by atoms with Gasteiger partial charge in [-0.05, 0) is 18.3 Å². The number of hydrogen-bond donors (Lipinski definition) is 0. The summed E-state index contributed by atoms with van der Waals surface area (Å²) in [6.07, 6.45) is 7.61. The quantitative estimate of drug-likeness (QED) is 0.675. The highest BCUT2D eigenvalue weighted by Crippen LogP contribution is 2.54. The monoisotopic (exact) mass is 263 g/mol. The van der Waals surface area contributed by atoms with Crippen molar-refractivity contribution >= 4 is 11.8 Å². The molecule has 2 amide bonds. The van der Waals surface area contributed by atoms with Crippen LogP contribution in [0.4, 0.5) is 0 Å². The molecule has 19 heavy (non-hydrogen) atoms. The molecule has 3 aliphatic heterocycles. The summed E-state index contributed by atoms with van der Waals surface area (Å²) >= 11 is 0. The molecular weight excluding hydrogens is 242 g/mol. The van der Waals surface area contributed by atoms with Gasteiger partial charge in [-0.15, -0.1) is 0 Å². The van der Waals surface area contributed by atoms with Gasteiger partial charge in [-0.2, -0.15) is 0 Å². The Kier molecular flexibility index (Phi) is 2.53. The van der Waals surface area contributed by atoms with Crippen molar-refractivity contribution in [3.63, 3.8) is 0 Å². The maximum atomic E-state index is 12.2. The first kappa shape index (κ1) is 11.9. The molecule has 0 aromatic heterocycles. The van der Waals surface area contributed by atoms with E-state index in [0.717, 1.165) is 12.3 Å². The second kappa shape index (κ2) is 4.05. The van der Waals surface area contributed by atoms with Gasteiger partial charge in [-0.25, -0.2) is 0 Å². The van der Waals surface area contributed by atoms with Gasteiger partial charge in [0.2, 0.25) is 11.8 Å². The second-order valence-corrected chi connectivity index (χ2v) is 6.72. The van der Waals surface area contributed by atoms with Gasteiger partial charge in [0.1, 0.15) is 0 Å². The molecule has 1 saturated carbocycles. The molecule has 2 bridgehead atoms. The summed E-state index contributed by atoms with van der Waals surface area (Å²) in [5.74, 6) is 0.909. The number of carbonyl (C=O) groups is 2. The van der Waals surface area contributed by atoms with E-state index in [9.17, 15) is 9.59 Å². The van der Waals surface area contributed by atoms with Crippen LogP contribution in [0.1, 0.15) is 38.5 Å². The number of rotatable bonds is 1. The topological polar surface area (TPSA) is 46.6 Å². The van der Waals surface area contributed by atoms with Gasteiger partial charge in [-0.3, -0.25) is 14.5 Å². The summed E-state index contributed by atoms with van der Waals surface area (Å²) in [6.45, 7) is 0. The minimum absolute atomic E-state index is 0.00279. The molecule has 5 unspecified atom stereocenters. The van der Waals surface area contributed by atoms with Crippen molar-refractivity contribution in [1.29, 1.82) is 0 Å². The van der Waals surface area contributed by atoms with Crippen molar-refractivity contribution in [2.75, 3.05) is 7.05 Å². The summed E-state index contributed by atoms with van der Waals surface area (Å²) in [6, 6.07) is 0. The van der Waals surface area contributed by atoms with Crippen LogP contribution in [-0.4, -0.2) is 36.0 Å². The Morgan fingerprint density at radius 3 is 2.47 bits per heavy atom. The predicted octanol–water partition coefficient (Wildman–Crippen LogP) is 1.58. The van der Waals surface area contributed by atoms with Crippen molar-refractivity contribution in [1.82, 2.24) is 4.90 Å². The highest BCUT2D eigenvalue weighted by Gasteiger charge is 2.65. The Bertz CT molecular complexity index is 429. The number of hydrogen-bond acceptors (Lipinski definition) is 3. The molecule has 1 aliphatic carbocycles. The van der Waals surface area contributed by atoms with Crippen molar-refractivity contribution in [3.05, 3.63) is 0 Å². The van der Waals surface area contributed by atoms with Crippen molar-refractivity contribution in [2.45, 2.75) is 50.7 Å². The van der Waals surface area contributed by atoms with E-state index in [1.165, 1.54) is 37.0 Å². The zero-order chi connectivity index (χ0) is 13.1. The Morgan fingerprint density at radius 2 is 1.74 bits per heavy atom. The number of carbonyl (C=O) groups excluding carboxylic acids is 2. The lowest BCUT2D eigenvalue weighted by molar-refractivity contribution is -0.141. The zero-order valence-electron chi connectivity index (χ0n) is 11.4. The average Bonchev–Trinajstić information content (AvgIpc) is 3.08. The van der Waals surface area contributed by atoms with Crippen LogP contribution in [0, 0.1) is 23.7 Å². The summed E-state index contributed by atoms with van der Waals surface area (Å²) in [4.78, 5) is 25.7. The Balaban J connectivity index is 1.58. The van der Waals surface area contributed by atoms with Gasteiger partial charge in [0.15, 0.2) is 0 Å². The third-order valence-corrected chi connectivity index (χ3v) is 5.89. The van der Waals surface area contributed by atoms with Crippen molar-refractivity contribution in [3.8, 4) is 0 Å². The number of ether oxygens (including phenoxy) is 1. The maximum absolute atomic E-state index is 12.2. The molecule has 5 atom stereocenters. The molecule has 3 saturated heterocycles. The molecule has 104 valence electrons. The molecule has 0 radical (unpaired) electrons. The predicted molar refractivity (Wildman–Crippen MR) is 68.1 cm³/mol. The SMILES string of the molecule is CN1C(=O)C2C3CC(C4CCCCC4)C(O3)C2C1=O. The van der Waals surface area contributed by atoms with Gasteiger partial charge >= 0.3 is 0 Å². The minimum Gasteiger partial charge on any atom is -0.373 e. The lowest BCUT2D eigenvalue weighted by atomic mass is 9.67. The average molecular weight is 263 g/mol. The largest absolute Gasteiger partial charge is 0.373 e. The molecule has 3 heterocycles. The third kappa shape index (κ3) is 1.49. The molecule has 4 heteroatoms. The highest BCUT2D eigenvalue weighted by molar-refractivity contribution is 6.06. The van der Waals surface area contributed by atoms with E-state index in [2.05, 4.69) is 0 Å². The van der Waals surface area contributed by atoms with Crippen molar-refractivity contribution < 1.29 is 14.3 Å². The first-order valence-corrected chi connectivity index (χ1v) is 7.65. The smallest absolute Gasteiger partial charge is 0.235 e. The van der Waals surface area contributed by atoms with Crippen LogP contribution in [0.5, 0.6) is 0 Å². The molecule has 4 fully saturated rings. The Labute approximate surface area is 113 Å². The number of fused-ring (bicyclic) bond motifs is 5. The van der Waals surface area contributed by atoms with Crippen molar-refractivity contribution in [2.24, 2.45) is 23.7 Å². The van der Waals surface area contributed by atoms with E-state index in [0.29, 0.717) is 5.92 Å². The Hall–Kier alpha value is -0.900. The molecular formula is C15H21NO3. The molecule has 0 aromatic carbocycles.